The van der Waals surface area contributed by atoms with Crippen molar-refractivity contribution in [1.82, 2.24) is 15.5 Å². The van der Waals surface area contributed by atoms with Crippen molar-refractivity contribution in [3.05, 3.63) is 24.9 Å². The van der Waals surface area contributed by atoms with E-state index < -0.39 is 0 Å². The highest BCUT2D eigenvalue weighted by atomic mass is 16.2. The van der Waals surface area contributed by atoms with Crippen molar-refractivity contribution in [2.75, 3.05) is 13.2 Å². The molecule has 0 saturated carbocycles. The van der Waals surface area contributed by atoms with Gasteiger partial charge in [-0.25, -0.2) is 0 Å². The molecular weight excluding hydrogens is 222 g/mol. The first-order chi connectivity index (χ1) is 8.13. The number of likely N-dealkylation sites (tertiary alicyclic amines) is 1. The van der Waals surface area contributed by atoms with Crippen molar-refractivity contribution >= 4 is 17.7 Å². The third-order valence-electron chi connectivity index (χ3n) is 2.23. The van der Waals surface area contributed by atoms with E-state index in [1.807, 2.05) is 0 Å². The first kappa shape index (κ1) is 13.0. The third kappa shape index (κ3) is 4.50. The second-order valence-corrected chi connectivity index (χ2v) is 3.47. The highest BCUT2D eigenvalue weighted by Gasteiger charge is 2.17. The SMILES string of the molecule is C=CC(=O)NCNC(=O)C=CN1CCCC1=O. The van der Waals surface area contributed by atoms with Crippen LogP contribution in [0.2, 0.25) is 0 Å². The maximum atomic E-state index is 11.3. The van der Waals surface area contributed by atoms with Crippen LogP contribution >= 0.6 is 0 Å². The van der Waals surface area contributed by atoms with Gasteiger partial charge in [-0.1, -0.05) is 6.58 Å². The van der Waals surface area contributed by atoms with E-state index in [9.17, 15) is 14.4 Å². The minimum atomic E-state index is -0.367. The van der Waals surface area contributed by atoms with Crippen LogP contribution in [0.15, 0.2) is 24.9 Å². The van der Waals surface area contributed by atoms with E-state index in [0.29, 0.717) is 13.0 Å². The molecule has 0 aromatic heterocycles. The molecule has 0 unspecified atom stereocenters. The van der Waals surface area contributed by atoms with E-state index in [-0.39, 0.29) is 24.4 Å². The molecule has 92 valence electrons. The van der Waals surface area contributed by atoms with Crippen molar-refractivity contribution < 1.29 is 14.4 Å². The summed E-state index contributed by atoms with van der Waals surface area (Å²) in [5.74, 6) is -0.702. The number of hydrogen-bond acceptors (Lipinski definition) is 3. The Bertz CT molecular complexity index is 363. The van der Waals surface area contributed by atoms with Gasteiger partial charge < -0.3 is 15.5 Å². The first-order valence-electron chi connectivity index (χ1n) is 5.29. The van der Waals surface area contributed by atoms with Crippen LogP contribution in [-0.2, 0) is 14.4 Å². The van der Waals surface area contributed by atoms with Crippen molar-refractivity contribution in [3.8, 4) is 0 Å². The second kappa shape index (κ2) is 6.47. The fourth-order valence-electron chi connectivity index (χ4n) is 1.33. The summed E-state index contributed by atoms with van der Waals surface area (Å²) in [4.78, 5) is 34.7. The number of nitrogens with one attached hydrogen (secondary N) is 2. The Hall–Kier alpha value is -2.11. The molecule has 6 nitrogen and oxygen atoms in total. The molecule has 1 saturated heterocycles. The molecule has 0 aliphatic carbocycles. The summed E-state index contributed by atoms with van der Waals surface area (Å²) in [5, 5.41) is 4.84. The lowest BCUT2D eigenvalue weighted by Crippen LogP contribution is -2.35. The zero-order valence-electron chi connectivity index (χ0n) is 9.44. The number of rotatable bonds is 5. The Morgan fingerprint density at radius 1 is 1.35 bits per heavy atom. The normalized spacial score (nSPS) is 15.1. The predicted molar refractivity (Wildman–Crippen MR) is 61.4 cm³/mol. The van der Waals surface area contributed by atoms with E-state index in [4.69, 9.17) is 0 Å². The molecule has 3 amide bonds. The topological polar surface area (TPSA) is 78.5 Å². The average Bonchev–Trinajstić information content (AvgIpc) is 2.72. The molecule has 0 spiro atoms. The van der Waals surface area contributed by atoms with Crippen LogP contribution in [0.25, 0.3) is 0 Å². The predicted octanol–water partition coefficient (Wildman–Crippen LogP) is -0.502. The van der Waals surface area contributed by atoms with Gasteiger partial charge in [-0.2, -0.15) is 0 Å². The van der Waals surface area contributed by atoms with Crippen LogP contribution in [0.5, 0.6) is 0 Å². The van der Waals surface area contributed by atoms with E-state index in [1.165, 1.54) is 17.2 Å². The van der Waals surface area contributed by atoms with Gasteiger partial charge in [-0.15, -0.1) is 0 Å². The lowest BCUT2D eigenvalue weighted by atomic mass is 10.4. The fourth-order valence-corrected chi connectivity index (χ4v) is 1.33. The maximum absolute atomic E-state index is 11.3. The van der Waals surface area contributed by atoms with Crippen LogP contribution < -0.4 is 10.6 Å². The van der Waals surface area contributed by atoms with Crippen LogP contribution in [0.3, 0.4) is 0 Å². The van der Waals surface area contributed by atoms with E-state index in [2.05, 4.69) is 17.2 Å². The Balaban J connectivity index is 2.24. The number of hydrogen-bond donors (Lipinski definition) is 2. The van der Waals surface area contributed by atoms with Gasteiger partial charge in [0.25, 0.3) is 0 Å². The molecular formula is C11H15N3O3. The zero-order valence-corrected chi connectivity index (χ0v) is 9.44. The minimum absolute atomic E-state index is 0.0222. The van der Waals surface area contributed by atoms with Gasteiger partial charge in [0.1, 0.15) is 0 Å². The zero-order chi connectivity index (χ0) is 12.7. The smallest absolute Gasteiger partial charge is 0.246 e. The van der Waals surface area contributed by atoms with Crippen molar-refractivity contribution in [1.29, 1.82) is 0 Å². The first-order valence-corrected chi connectivity index (χ1v) is 5.29. The lowest BCUT2D eigenvalue weighted by Gasteiger charge is -2.08. The average molecular weight is 237 g/mol. The molecule has 1 heterocycles. The van der Waals surface area contributed by atoms with E-state index in [1.54, 1.807) is 0 Å². The molecule has 6 heteroatoms. The minimum Gasteiger partial charge on any atom is -0.335 e. The molecule has 0 aromatic carbocycles. The largest absolute Gasteiger partial charge is 0.335 e. The molecule has 17 heavy (non-hydrogen) atoms. The quantitative estimate of drug-likeness (QED) is 0.499. The van der Waals surface area contributed by atoms with Gasteiger partial charge in [-0.3, -0.25) is 14.4 Å². The Kier molecular flexibility index (Phi) is 4.93. The van der Waals surface area contributed by atoms with Crippen molar-refractivity contribution in [2.45, 2.75) is 12.8 Å². The molecule has 0 aromatic rings. The van der Waals surface area contributed by atoms with Gasteiger partial charge >= 0.3 is 0 Å². The summed E-state index contributed by atoms with van der Waals surface area (Å²) in [7, 11) is 0. The molecule has 1 rings (SSSR count). The fraction of sp³-hybridized carbons (Fsp3) is 0.364. The van der Waals surface area contributed by atoms with E-state index in [0.717, 1.165) is 12.5 Å². The van der Waals surface area contributed by atoms with E-state index >= 15 is 0 Å². The van der Waals surface area contributed by atoms with Gasteiger partial charge in [0.15, 0.2) is 0 Å². The summed E-state index contributed by atoms with van der Waals surface area (Å²) in [6.07, 6.45) is 5.19. The third-order valence-corrected chi connectivity index (χ3v) is 2.23. The van der Waals surface area contributed by atoms with Crippen LogP contribution in [-0.4, -0.2) is 35.8 Å². The number of carbonyl (C=O) groups excluding carboxylic acids is 3. The molecule has 0 bridgehead atoms. The van der Waals surface area contributed by atoms with Gasteiger partial charge in [0.05, 0.1) is 6.67 Å². The van der Waals surface area contributed by atoms with Gasteiger partial charge in [0, 0.05) is 25.2 Å². The van der Waals surface area contributed by atoms with Crippen LogP contribution in [0, 0.1) is 0 Å². The summed E-state index contributed by atoms with van der Waals surface area (Å²) in [5.41, 5.74) is 0. The van der Waals surface area contributed by atoms with Crippen LogP contribution in [0.1, 0.15) is 12.8 Å². The second-order valence-electron chi connectivity index (χ2n) is 3.47. The summed E-state index contributed by atoms with van der Waals surface area (Å²) in [6, 6.07) is 0. The highest BCUT2D eigenvalue weighted by molar-refractivity contribution is 5.90. The Morgan fingerprint density at radius 3 is 2.65 bits per heavy atom. The summed E-state index contributed by atoms with van der Waals surface area (Å²) >= 11 is 0. The molecule has 2 N–H and O–H groups in total. The summed E-state index contributed by atoms with van der Waals surface area (Å²) in [6.45, 7) is 3.95. The molecule has 1 aliphatic heterocycles. The lowest BCUT2D eigenvalue weighted by molar-refractivity contribution is -0.125. The molecule has 0 radical (unpaired) electrons. The number of amides is 3. The Morgan fingerprint density at radius 2 is 2.06 bits per heavy atom. The number of nitrogens with zero attached hydrogens (tertiary/aromatic N) is 1. The van der Waals surface area contributed by atoms with Gasteiger partial charge in [-0.05, 0) is 12.5 Å². The molecule has 1 fully saturated rings. The standard InChI is InChI=1S/C11H15N3O3/c1-2-9(15)12-8-13-10(16)5-7-14-6-3-4-11(14)17/h2,5,7H,1,3-4,6,8H2,(H,12,15)(H,13,16). The number of carbonyl (C=O) groups is 3. The van der Waals surface area contributed by atoms with Crippen LogP contribution in [0.4, 0.5) is 0 Å². The molecule has 1 aliphatic rings. The molecule has 0 atom stereocenters. The summed E-state index contributed by atoms with van der Waals surface area (Å²) < 4.78 is 0. The maximum Gasteiger partial charge on any atom is 0.246 e. The Labute approximate surface area is 99.3 Å². The monoisotopic (exact) mass is 237 g/mol. The highest BCUT2D eigenvalue weighted by Crippen LogP contribution is 2.09. The van der Waals surface area contributed by atoms with Crippen molar-refractivity contribution in [2.24, 2.45) is 0 Å². The van der Waals surface area contributed by atoms with Crippen molar-refractivity contribution in [3.63, 3.8) is 0 Å². The van der Waals surface area contributed by atoms with Gasteiger partial charge in [0.2, 0.25) is 17.7 Å².